The summed E-state index contributed by atoms with van der Waals surface area (Å²) in [6.45, 7) is 4.95. The van der Waals surface area contributed by atoms with Crippen molar-refractivity contribution in [1.29, 1.82) is 0 Å². The molecule has 1 fully saturated rings. The Morgan fingerprint density at radius 2 is 1.58 bits per heavy atom. The fourth-order valence-corrected chi connectivity index (χ4v) is 6.30. The van der Waals surface area contributed by atoms with Gasteiger partial charge >= 0.3 is 0 Å². The lowest BCUT2D eigenvalue weighted by Gasteiger charge is -2.26. The number of methoxy groups -OCH3 is 2. The van der Waals surface area contributed by atoms with E-state index in [1.807, 2.05) is 60.7 Å². The third-order valence-corrected chi connectivity index (χ3v) is 9.03. The van der Waals surface area contributed by atoms with Gasteiger partial charge < -0.3 is 34.3 Å². The molecule has 53 heavy (non-hydrogen) atoms. The number of benzene rings is 5. The molecule has 6 aromatic rings. The minimum Gasteiger partial charge on any atom is -0.495 e. The van der Waals surface area contributed by atoms with Gasteiger partial charge in [0, 0.05) is 54.1 Å². The van der Waals surface area contributed by atoms with Crippen LogP contribution in [-0.4, -0.2) is 75.4 Å². The summed E-state index contributed by atoms with van der Waals surface area (Å²) in [6, 6.07) is 30.7. The summed E-state index contributed by atoms with van der Waals surface area (Å²) < 4.78 is 29.2. The van der Waals surface area contributed by atoms with E-state index in [2.05, 4.69) is 20.5 Å². The minimum absolute atomic E-state index is 0.309. The van der Waals surface area contributed by atoms with Crippen molar-refractivity contribution in [1.82, 2.24) is 9.88 Å². The number of pyridine rings is 1. The SMILES string of the molecule is COc1ccc(C(=O)Nc2ccccc2)cc1NC(=O)c1cccc2cc(Oc3ccnc4cc(OCCCN5CCOCC5)c(OC)cc34)ccc12. The van der Waals surface area contributed by atoms with E-state index in [0.717, 1.165) is 55.4 Å². The first kappa shape index (κ1) is 35.2. The van der Waals surface area contributed by atoms with Gasteiger partial charge in [0.25, 0.3) is 11.8 Å². The Kier molecular flexibility index (Phi) is 10.9. The normalized spacial score (nSPS) is 13.0. The van der Waals surface area contributed by atoms with Gasteiger partial charge in [0.1, 0.15) is 17.2 Å². The monoisotopic (exact) mass is 712 g/mol. The van der Waals surface area contributed by atoms with Gasteiger partial charge in [-0.2, -0.15) is 0 Å². The first-order valence-corrected chi connectivity index (χ1v) is 17.4. The van der Waals surface area contributed by atoms with Crippen LogP contribution in [0.25, 0.3) is 21.7 Å². The van der Waals surface area contributed by atoms with Crippen molar-refractivity contribution in [3.05, 3.63) is 120 Å². The molecule has 1 aliphatic rings. The van der Waals surface area contributed by atoms with Gasteiger partial charge in [-0.25, -0.2) is 0 Å². The average molecular weight is 713 g/mol. The molecule has 11 heteroatoms. The van der Waals surface area contributed by atoms with Crippen molar-refractivity contribution in [2.24, 2.45) is 0 Å². The van der Waals surface area contributed by atoms with Gasteiger partial charge in [-0.3, -0.25) is 19.5 Å². The quantitative estimate of drug-likeness (QED) is 0.116. The third kappa shape index (κ3) is 8.33. The van der Waals surface area contributed by atoms with Gasteiger partial charge in [-0.15, -0.1) is 0 Å². The minimum atomic E-state index is -0.352. The van der Waals surface area contributed by atoms with Crippen LogP contribution in [0.1, 0.15) is 27.1 Å². The van der Waals surface area contributed by atoms with Gasteiger partial charge in [-0.05, 0) is 83.9 Å². The van der Waals surface area contributed by atoms with Crippen molar-refractivity contribution in [2.45, 2.75) is 6.42 Å². The highest BCUT2D eigenvalue weighted by Gasteiger charge is 2.18. The molecule has 0 saturated carbocycles. The molecule has 270 valence electrons. The second-order valence-electron chi connectivity index (χ2n) is 12.5. The van der Waals surface area contributed by atoms with E-state index in [0.29, 0.717) is 63.4 Å². The zero-order valence-corrected chi connectivity index (χ0v) is 29.6. The number of fused-ring (bicyclic) bond motifs is 2. The molecule has 0 unspecified atom stereocenters. The lowest BCUT2D eigenvalue weighted by Crippen LogP contribution is -2.37. The topological polar surface area (TPSA) is 120 Å². The van der Waals surface area contributed by atoms with E-state index in [9.17, 15) is 9.59 Å². The third-order valence-electron chi connectivity index (χ3n) is 9.03. The van der Waals surface area contributed by atoms with Crippen LogP contribution < -0.4 is 29.6 Å². The maximum Gasteiger partial charge on any atom is 0.256 e. The number of para-hydroxylation sites is 1. The van der Waals surface area contributed by atoms with Crippen molar-refractivity contribution in [2.75, 3.05) is 64.3 Å². The van der Waals surface area contributed by atoms with Crippen LogP contribution in [0.15, 0.2) is 109 Å². The maximum atomic E-state index is 13.7. The van der Waals surface area contributed by atoms with E-state index < -0.39 is 0 Å². The van der Waals surface area contributed by atoms with Crippen molar-refractivity contribution < 1.29 is 33.3 Å². The smallest absolute Gasteiger partial charge is 0.256 e. The lowest BCUT2D eigenvalue weighted by molar-refractivity contribution is 0.0357. The molecule has 0 bridgehead atoms. The molecular weight excluding hydrogens is 672 g/mol. The summed E-state index contributed by atoms with van der Waals surface area (Å²) in [6.07, 6.45) is 2.59. The highest BCUT2D eigenvalue weighted by Crippen LogP contribution is 2.38. The molecule has 1 aliphatic heterocycles. The number of aromatic nitrogens is 1. The number of hydrogen-bond acceptors (Lipinski definition) is 9. The van der Waals surface area contributed by atoms with Crippen LogP contribution in [0.5, 0.6) is 28.7 Å². The molecule has 2 heterocycles. The highest BCUT2D eigenvalue weighted by molar-refractivity contribution is 6.14. The number of carbonyl (C=O) groups excluding carboxylic acids is 2. The number of nitrogens with zero attached hydrogens (tertiary/aromatic N) is 2. The predicted molar refractivity (Wildman–Crippen MR) is 205 cm³/mol. The number of morpholine rings is 1. The summed E-state index contributed by atoms with van der Waals surface area (Å²) in [5, 5.41) is 8.11. The van der Waals surface area contributed by atoms with Crippen molar-refractivity contribution >= 4 is 44.9 Å². The van der Waals surface area contributed by atoms with Gasteiger partial charge in [0.15, 0.2) is 11.5 Å². The van der Waals surface area contributed by atoms with Gasteiger partial charge in [-0.1, -0.05) is 30.3 Å². The molecular formula is C42H40N4O7. The van der Waals surface area contributed by atoms with Gasteiger partial charge in [0.05, 0.1) is 45.2 Å². The molecule has 0 atom stereocenters. The second-order valence-corrected chi connectivity index (χ2v) is 12.5. The van der Waals surface area contributed by atoms with E-state index in [1.165, 1.54) is 7.11 Å². The van der Waals surface area contributed by atoms with E-state index >= 15 is 0 Å². The zero-order valence-electron chi connectivity index (χ0n) is 29.6. The Hall–Kier alpha value is -6.17. The number of carbonyl (C=O) groups is 2. The van der Waals surface area contributed by atoms with E-state index in [-0.39, 0.29) is 11.8 Å². The zero-order chi connectivity index (χ0) is 36.6. The maximum absolute atomic E-state index is 13.7. The molecule has 1 saturated heterocycles. The fraction of sp³-hybridized carbons (Fsp3) is 0.214. The largest absolute Gasteiger partial charge is 0.495 e. The lowest BCUT2D eigenvalue weighted by atomic mass is 10.0. The second kappa shape index (κ2) is 16.4. The Bertz CT molecular complexity index is 2240. The Morgan fingerprint density at radius 1 is 0.755 bits per heavy atom. The molecule has 0 aliphatic carbocycles. The van der Waals surface area contributed by atoms with E-state index in [1.54, 1.807) is 55.8 Å². The molecule has 1 aromatic heterocycles. The van der Waals surface area contributed by atoms with Crippen LogP contribution in [0.2, 0.25) is 0 Å². The predicted octanol–water partition coefficient (Wildman–Crippen LogP) is 7.80. The summed E-state index contributed by atoms with van der Waals surface area (Å²) >= 11 is 0. The van der Waals surface area contributed by atoms with Crippen LogP contribution >= 0.6 is 0 Å². The molecule has 2 amide bonds. The molecule has 0 spiro atoms. The van der Waals surface area contributed by atoms with Crippen molar-refractivity contribution in [3.63, 3.8) is 0 Å². The first-order valence-electron chi connectivity index (χ1n) is 17.4. The van der Waals surface area contributed by atoms with Crippen LogP contribution in [0, 0.1) is 0 Å². The molecule has 11 nitrogen and oxygen atoms in total. The molecule has 5 aromatic carbocycles. The Balaban J connectivity index is 1.07. The molecule has 0 radical (unpaired) electrons. The Labute approximate surface area is 307 Å². The van der Waals surface area contributed by atoms with Crippen LogP contribution in [0.4, 0.5) is 11.4 Å². The number of amides is 2. The summed E-state index contributed by atoms with van der Waals surface area (Å²) in [5.41, 5.74) is 2.57. The number of anilines is 2. The summed E-state index contributed by atoms with van der Waals surface area (Å²) in [5.74, 6) is 2.17. The average Bonchev–Trinajstić information content (AvgIpc) is 3.19. The Morgan fingerprint density at radius 3 is 2.40 bits per heavy atom. The number of ether oxygens (including phenoxy) is 5. The van der Waals surface area contributed by atoms with Crippen LogP contribution in [0.3, 0.4) is 0 Å². The molecule has 2 N–H and O–H groups in total. The number of nitrogens with one attached hydrogen (secondary N) is 2. The summed E-state index contributed by atoms with van der Waals surface area (Å²) in [7, 11) is 3.13. The number of rotatable bonds is 13. The van der Waals surface area contributed by atoms with E-state index in [4.69, 9.17) is 23.7 Å². The highest BCUT2D eigenvalue weighted by atomic mass is 16.5. The van der Waals surface area contributed by atoms with Gasteiger partial charge in [0.2, 0.25) is 0 Å². The molecule has 7 rings (SSSR count). The summed E-state index contributed by atoms with van der Waals surface area (Å²) in [4.78, 5) is 33.6. The first-order chi connectivity index (χ1) is 26.0. The van der Waals surface area contributed by atoms with Crippen LogP contribution in [-0.2, 0) is 4.74 Å². The standard InChI is InChI=1S/C42H40N4O7/c1-49-38-15-12-29(41(47)44-30-9-4-3-5-10-30)25-36(38)45-42(48)33-11-6-8-28-24-31(13-14-32(28)33)53-37-16-17-43-35-27-40(39(50-2)26-34(35)37)52-21-7-18-46-19-22-51-23-20-46/h3-6,8-17,24-27H,7,18-23H2,1-2H3,(H,44,47)(H,45,48). The fourth-order valence-electron chi connectivity index (χ4n) is 6.30. The van der Waals surface area contributed by atoms with Crippen molar-refractivity contribution in [3.8, 4) is 28.7 Å². The number of hydrogen-bond donors (Lipinski definition) is 2.